The quantitative estimate of drug-likeness (QED) is 0.171. The summed E-state index contributed by atoms with van der Waals surface area (Å²) >= 11 is 1.89. The van der Waals surface area contributed by atoms with E-state index in [0.717, 1.165) is 11.4 Å². The maximum absolute atomic E-state index is 2.50. The van der Waals surface area contributed by atoms with Gasteiger partial charge in [0, 0.05) is 36.8 Å². The average molecular weight is 728 g/mol. The zero-order valence-corrected chi connectivity index (χ0v) is 31.2. The van der Waals surface area contributed by atoms with E-state index in [4.69, 9.17) is 0 Å². The van der Waals surface area contributed by atoms with Crippen molar-refractivity contribution in [3.05, 3.63) is 200 Å². The maximum Gasteiger partial charge on any atom is 0.0554 e. The molecular formula is C54H33NS. The van der Waals surface area contributed by atoms with E-state index in [9.17, 15) is 0 Å². The number of nitrogens with zero attached hydrogens (tertiary/aromatic N) is 1. The van der Waals surface area contributed by atoms with Gasteiger partial charge in [0.2, 0.25) is 0 Å². The number of hydrogen-bond donors (Lipinski definition) is 0. The van der Waals surface area contributed by atoms with Gasteiger partial charge in [0.15, 0.2) is 0 Å². The molecule has 0 spiro atoms. The molecular weight excluding hydrogens is 695 g/mol. The second-order valence-electron chi connectivity index (χ2n) is 14.9. The molecule has 0 amide bonds. The van der Waals surface area contributed by atoms with E-state index >= 15 is 0 Å². The summed E-state index contributed by atoms with van der Waals surface area (Å²) in [4.78, 5) is 2.50. The van der Waals surface area contributed by atoms with Gasteiger partial charge in [-0.25, -0.2) is 0 Å². The highest BCUT2D eigenvalue weighted by Gasteiger charge is 2.26. The van der Waals surface area contributed by atoms with E-state index < -0.39 is 0 Å². The lowest BCUT2D eigenvalue weighted by Crippen LogP contribution is -2.12. The van der Waals surface area contributed by atoms with Crippen molar-refractivity contribution in [2.24, 2.45) is 0 Å². The number of thiophene rings is 1. The highest BCUT2D eigenvalue weighted by molar-refractivity contribution is 7.26. The number of anilines is 3. The van der Waals surface area contributed by atoms with Crippen LogP contribution in [0.4, 0.5) is 17.1 Å². The molecule has 0 atom stereocenters. The van der Waals surface area contributed by atoms with Crippen molar-refractivity contribution in [1.29, 1.82) is 0 Å². The van der Waals surface area contributed by atoms with Crippen LogP contribution in [-0.4, -0.2) is 0 Å². The van der Waals surface area contributed by atoms with Crippen LogP contribution in [0.3, 0.4) is 0 Å². The smallest absolute Gasteiger partial charge is 0.0554 e. The summed E-state index contributed by atoms with van der Waals surface area (Å²) in [6.45, 7) is 0. The number of benzene rings is 10. The van der Waals surface area contributed by atoms with Gasteiger partial charge in [0.1, 0.15) is 0 Å². The van der Waals surface area contributed by atoms with Crippen molar-refractivity contribution in [3.8, 4) is 44.5 Å². The molecule has 0 unspecified atom stereocenters. The van der Waals surface area contributed by atoms with Crippen LogP contribution in [-0.2, 0) is 0 Å². The second kappa shape index (κ2) is 12.3. The first-order chi connectivity index (χ1) is 27.7. The van der Waals surface area contributed by atoms with Crippen molar-refractivity contribution in [3.63, 3.8) is 0 Å². The lowest BCUT2D eigenvalue weighted by molar-refractivity contribution is 1.31. The van der Waals surface area contributed by atoms with Crippen LogP contribution in [0.15, 0.2) is 200 Å². The SMILES string of the molecule is c1ccc(-c2ccc3cc4c(cc3c2)-c2cc3cc(N(c5ccc6c(sc7ccccc76)c5-c5ccccc5)c5cccc6ccccc56)ccc3cc2-4)cc1. The van der Waals surface area contributed by atoms with E-state index in [1.165, 1.54) is 103 Å². The molecule has 0 radical (unpaired) electrons. The Balaban J connectivity index is 1.07. The molecule has 1 heterocycles. The van der Waals surface area contributed by atoms with E-state index in [1.807, 2.05) is 11.3 Å². The van der Waals surface area contributed by atoms with Gasteiger partial charge in [-0.3, -0.25) is 0 Å². The molecule has 11 aromatic rings. The summed E-state index contributed by atoms with van der Waals surface area (Å²) in [5, 5.41) is 10.1. The van der Waals surface area contributed by atoms with Gasteiger partial charge in [-0.15, -0.1) is 11.3 Å². The van der Waals surface area contributed by atoms with Crippen LogP contribution in [0.1, 0.15) is 0 Å². The van der Waals surface area contributed by atoms with Gasteiger partial charge in [0.25, 0.3) is 0 Å². The molecule has 1 aliphatic carbocycles. The second-order valence-corrected chi connectivity index (χ2v) is 15.9. The van der Waals surface area contributed by atoms with Crippen LogP contribution >= 0.6 is 11.3 Å². The molecule has 0 fully saturated rings. The van der Waals surface area contributed by atoms with Crippen LogP contribution < -0.4 is 4.90 Å². The summed E-state index contributed by atoms with van der Waals surface area (Å²) in [6, 6.07) is 74.0. The fraction of sp³-hybridized carbons (Fsp3) is 0. The van der Waals surface area contributed by atoms with Gasteiger partial charge in [-0.05, 0) is 127 Å². The van der Waals surface area contributed by atoms with E-state index in [0.29, 0.717) is 0 Å². The molecule has 12 rings (SSSR count). The minimum absolute atomic E-state index is 1.14. The van der Waals surface area contributed by atoms with Crippen molar-refractivity contribution >= 4 is 80.9 Å². The highest BCUT2D eigenvalue weighted by Crippen LogP contribution is 2.53. The summed E-state index contributed by atoms with van der Waals surface area (Å²) in [7, 11) is 0. The molecule has 1 aromatic heterocycles. The van der Waals surface area contributed by atoms with Gasteiger partial charge < -0.3 is 4.90 Å². The Morgan fingerprint density at radius 2 is 0.929 bits per heavy atom. The number of fused-ring (bicyclic) bond motifs is 10. The molecule has 1 nitrogen and oxygen atoms in total. The normalized spacial score (nSPS) is 11.9. The van der Waals surface area contributed by atoms with E-state index in [-0.39, 0.29) is 0 Å². The third kappa shape index (κ3) is 4.80. The monoisotopic (exact) mass is 727 g/mol. The molecule has 260 valence electrons. The first-order valence-electron chi connectivity index (χ1n) is 19.2. The minimum atomic E-state index is 1.14. The van der Waals surface area contributed by atoms with Crippen molar-refractivity contribution in [1.82, 2.24) is 0 Å². The Morgan fingerprint density at radius 3 is 1.70 bits per heavy atom. The Morgan fingerprint density at radius 1 is 0.321 bits per heavy atom. The van der Waals surface area contributed by atoms with Crippen LogP contribution in [0, 0.1) is 0 Å². The Bertz CT molecular complexity index is 3350. The number of rotatable bonds is 5. The standard InChI is InChI=1S/C54H33NS/c1-3-12-34(13-4-1)37-22-23-38-30-46-47-31-39-24-25-42(29-41(39)33-49(47)48(46)32-40(38)28-37)55(50-20-11-17-35-14-7-8-18-43(35)50)51-27-26-45-44-19-9-10-21-52(44)56-54(45)53(51)36-15-5-2-6-16-36/h1-33H. The Labute approximate surface area is 329 Å². The third-order valence-electron chi connectivity index (χ3n) is 11.7. The summed E-state index contributed by atoms with van der Waals surface area (Å²) in [5.41, 5.74) is 13.8. The van der Waals surface area contributed by atoms with Crippen LogP contribution in [0.5, 0.6) is 0 Å². The highest BCUT2D eigenvalue weighted by atomic mass is 32.1. The molecule has 56 heavy (non-hydrogen) atoms. The average Bonchev–Trinajstić information content (AvgIpc) is 3.64. The van der Waals surface area contributed by atoms with E-state index in [2.05, 4.69) is 205 Å². The molecule has 0 bridgehead atoms. The molecule has 1 aliphatic rings. The zero-order valence-electron chi connectivity index (χ0n) is 30.4. The van der Waals surface area contributed by atoms with Gasteiger partial charge in [-0.2, -0.15) is 0 Å². The third-order valence-corrected chi connectivity index (χ3v) is 12.9. The Hall–Kier alpha value is -7.00. The van der Waals surface area contributed by atoms with Crippen molar-refractivity contribution < 1.29 is 0 Å². The van der Waals surface area contributed by atoms with Crippen LogP contribution in [0.25, 0.3) is 97.0 Å². The molecule has 0 saturated carbocycles. The van der Waals surface area contributed by atoms with Crippen molar-refractivity contribution in [2.75, 3.05) is 4.90 Å². The lowest BCUT2D eigenvalue weighted by Gasteiger charge is -2.30. The maximum atomic E-state index is 2.50. The van der Waals surface area contributed by atoms with Gasteiger partial charge in [0.05, 0.1) is 11.4 Å². The summed E-state index contributed by atoms with van der Waals surface area (Å²) in [5.74, 6) is 0. The van der Waals surface area contributed by atoms with Crippen molar-refractivity contribution in [2.45, 2.75) is 0 Å². The number of hydrogen-bond acceptors (Lipinski definition) is 2. The largest absolute Gasteiger partial charge is 0.309 e. The molecule has 0 N–H and O–H groups in total. The fourth-order valence-electron chi connectivity index (χ4n) is 9.02. The summed E-state index contributed by atoms with van der Waals surface area (Å²) in [6.07, 6.45) is 0. The molecule has 0 saturated heterocycles. The fourth-order valence-corrected chi connectivity index (χ4v) is 10.3. The Kier molecular flexibility index (Phi) is 6.87. The minimum Gasteiger partial charge on any atom is -0.309 e. The predicted octanol–water partition coefficient (Wildman–Crippen LogP) is 16.0. The summed E-state index contributed by atoms with van der Waals surface area (Å²) < 4.78 is 2.61. The van der Waals surface area contributed by atoms with Gasteiger partial charge >= 0.3 is 0 Å². The van der Waals surface area contributed by atoms with E-state index in [1.54, 1.807) is 0 Å². The lowest BCUT2D eigenvalue weighted by atomic mass is 9.77. The first kappa shape index (κ1) is 31.4. The molecule has 0 aliphatic heterocycles. The van der Waals surface area contributed by atoms with Crippen LogP contribution in [0.2, 0.25) is 0 Å². The topological polar surface area (TPSA) is 3.24 Å². The predicted molar refractivity (Wildman–Crippen MR) is 242 cm³/mol. The zero-order chi connectivity index (χ0) is 36.7. The first-order valence-corrected chi connectivity index (χ1v) is 20.1. The molecule has 10 aromatic carbocycles. The van der Waals surface area contributed by atoms with Gasteiger partial charge in [-0.1, -0.05) is 140 Å². The molecule has 2 heteroatoms.